The number of aromatic nitrogens is 2. The molecule has 1 N–H and O–H groups in total. The van der Waals surface area contributed by atoms with Crippen LogP contribution >= 0.6 is 0 Å². The molecule has 6 heteroatoms. The smallest absolute Gasteiger partial charge is 0.229 e. The molecule has 2 aromatic rings. The maximum atomic E-state index is 12.5. The highest BCUT2D eigenvalue weighted by Crippen LogP contribution is 2.24. The number of rotatable bonds is 9. The van der Waals surface area contributed by atoms with E-state index in [0.717, 1.165) is 36.6 Å². The minimum Gasteiger partial charge on any atom is -0.490 e. The molecule has 0 bridgehead atoms. The molecule has 0 aliphatic carbocycles. The van der Waals surface area contributed by atoms with Crippen LogP contribution in [0.15, 0.2) is 24.3 Å². The van der Waals surface area contributed by atoms with Gasteiger partial charge in [-0.2, -0.15) is 5.10 Å². The van der Waals surface area contributed by atoms with Crippen molar-refractivity contribution in [1.29, 1.82) is 0 Å². The van der Waals surface area contributed by atoms with E-state index in [0.29, 0.717) is 24.5 Å². The van der Waals surface area contributed by atoms with Crippen molar-refractivity contribution in [2.24, 2.45) is 7.05 Å². The Morgan fingerprint density at radius 2 is 1.92 bits per heavy atom. The lowest BCUT2D eigenvalue weighted by Crippen LogP contribution is -2.28. The second-order valence-electron chi connectivity index (χ2n) is 6.37. The van der Waals surface area contributed by atoms with Gasteiger partial charge < -0.3 is 15.0 Å². The molecule has 6 nitrogen and oxygen atoms in total. The number of nitrogens with one attached hydrogen (secondary N) is 1. The number of likely N-dealkylation sites (N-methyl/N-ethyl adjacent to an activating group) is 1. The largest absolute Gasteiger partial charge is 0.490 e. The number of nitrogens with zero attached hydrogens (tertiary/aromatic N) is 3. The molecule has 142 valence electrons. The van der Waals surface area contributed by atoms with Gasteiger partial charge >= 0.3 is 0 Å². The van der Waals surface area contributed by atoms with Gasteiger partial charge in [0.15, 0.2) is 0 Å². The summed E-state index contributed by atoms with van der Waals surface area (Å²) < 4.78 is 7.71. The van der Waals surface area contributed by atoms with Crippen LogP contribution in [0.4, 0.5) is 5.69 Å². The predicted molar refractivity (Wildman–Crippen MR) is 105 cm³/mol. The highest BCUT2D eigenvalue weighted by Gasteiger charge is 2.15. The monoisotopic (exact) mass is 358 g/mol. The van der Waals surface area contributed by atoms with Gasteiger partial charge in [0.25, 0.3) is 0 Å². The molecule has 0 aliphatic rings. The number of amides is 1. The molecule has 1 amide bonds. The van der Waals surface area contributed by atoms with Gasteiger partial charge in [0.05, 0.1) is 17.8 Å². The van der Waals surface area contributed by atoms with E-state index in [9.17, 15) is 4.79 Å². The van der Waals surface area contributed by atoms with Gasteiger partial charge in [-0.1, -0.05) is 26.0 Å². The number of hydrogen-bond donors (Lipinski definition) is 1. The molecule has 1 aromatic heterocycles. The highest BCUT2D eigenvalue weighted by atomic mass is 16.5. The number of benzene rings is 1. The summed E-state index contributed by atoms with van der Waals surface area (Å²) >= 11 is 0. The van der Waals surface area contributed by atoms with Gasteiger partial charge in [-0.25, -0.2) is 0 Å². The second-order valence-corrected chi connectivity index (χ2v) is 6.37. The number of aryl methyl sites for hydroxylation is 2. The predicted octanol–water partition coefficient (Wildman–Crippen LogP) is 2.94. The summed E-state index contributed by atoms with van der Waals surface area (Å²) in [5.41, 5.74) is 3.59. The Hall–Kier alpha value is -2.34. The third-order valence-corrected chi connectivity index (χ3v) is 4.72. The van der Waals surface area contributed by atoms with Crippen molar-refractivity contribution in [3.8, 4) is 5.75 Å². The minimum absolute atomic E-state index is 0.0657. The fourth-order valence-electron chi connectivity index (χ4n) is 2.95. The van der Waals surface area contributed by atoms with Crippen molar-refractivity contribution in [2.75, 3.05) is 31.6 Å². The minimum atomic E-state index is -0.0657. The van der Waals surface area contributed by atoms with Crippen LogP contribution < -0.4 is 10.1 Å². The number of carbonyl (C=O) groups excluding carboxylic acids is 1. The van der Waals surface area contributed by atoms with Gasteiger partial charge in [-0.05, 0) is 39.1 Å². The van der Waals surface area contributed by atoms with Crippen molar-refractivity contribution in [3.05, 3.63) is 41.2 Å². The molecule has 0 spiro atoms. The molecule has 0 saturated carbocycles. The van der Waals surface area contributed by atoms with E-state index < -0.39 is 0 Å². The van der Waals surface area contributed by atoms with E-state index in [4.69, 9.17) is 4.74 Å². The average Bonchev–Trinajstić information content (AvgIpc) is 2.86. The molecule has 26 heavy (non-hydrogen) atoms. The molecule has 1 heterocycles. The zero-order chi connectivity index (χ0) is 19.1. The lowest BCUT2D eigenvalue weighted by atomic mass is 10.1. The first kappa shape index (κ1) is 20.0. The third-order valence-electron chi connectivity index (χ3n) is 4.72. The number of hydrogen-bond acceptors (Lipinski definition) is 4. The van der Waals surface area contributed by atoms with E-state index in [1.165, 1.54) is 0 Å². The van der Waals surface area contributed by atoms with Gasteiger partial charge in [0.2, 0.25) is 5.91 Å². The van der Waals surface area contributed by atoms with E-state index in [1.54, 1.807) is 0 Å². The number of ether oxygens (including phenoxy) is 1. The van der Waals surface area contributed by atoms with Crippen LogP contribution in [-0.2, 0) is 18.3 Å². The van der Waals surface area contributed by atoms with E-state index in [-0.39, 0.29) is 5.91 Å². The Balaban J connectivity index is 1.99. The molecule has 0 fully saturated rings. The van der Waals surface area contributed by atoms with Crippen LogP contribution in [-0.4, -0.2) is 46.8 Å². The molecule has 0 radical (unpaired) electrons. The Morgan fingerprint density at radius 1 is 1.23 bits per heavy atom. The zero-order valence-electron chi connectivity index (χ0n) is 16.5. The molecule has 2 rings (SSSR count). The first-order valence-electron chi connectivity index (χ1n) is 9.19. The maximum Gasteiger partial charge on any atom is 0.229 e. The number of para-hydroxylation sites is 2. The zero-order valence-corrected chi connectivity index (χ0v) is 16.5. The van der Waals surface area contributed by atoms with Gasteiger partial charge in [-0.3, -0.25) is 9.48 Å². The van der Waals surface area contributed by atoms with Gasteiger partial charge in [0.1, 0.15) is 12.4 Å². The average molecular weight is 358 g/mol. The van der Waals surface area contributed by atoms with E-state index >= 15 is 0 Å². The number of anilines is 1. The Labute approximate surface area is 156 Å². The molecule has 0 atom stereocenters. The van der Waals surface area contributed by atoms with Crippen LogP contribution in [0.1, 0.15) is 30.8 Å². The fourth-order valence-corrected chi connectivity index (χ4v) is 2.95. The third kappa shape index (κ3) is 5.08. The summed E-state index contributed by atoms with van der Waals surface area (Å²) in [6.45, 7) is 11.6. The van der Waals surface area contributed by atoms with E-state index in [1.807, 2.05) is 49.8 Å². The van der Waals surface area contributed by atoms with Crippen LogP contribution in [0.5, 0.6) is 5.75 Å². The molecular formula is C20H30N4O2. The summed E-state index contributed by atoms with van der Waals surface area (Å²) in [5.74, 6) is 0.636. The Kier molecular flexibility index (Phi) is 7.21. The first-order valence-corrected chi connectivity index (χ1v) is 9.19. The number of carbonyl (C=O) groups is 1. The standard InChI is InChI=1S/C20H30N4O2/c1-6-24(7-2)12-13-26-19-11-9-8-10-18(19)21-20(25)14-17-15(3)22-23(5)16(17)4/h8-11H,6-7,12-14H2,1-5H3,(H,21,25). The summed E-state index contributed by atoms with van der Waals surface area (Å²) in [4.78, 5) is 14.8. The second kappa shape index (κ2) is 9.38. The lowest BCUT2D eigenvalue weighted by Gasteiger charge is -2.19. The maximum absolute atomic E-state index is 12.5. The quantitative estimate of drug-likeness (QED) is 0.749. The van der Waals surface area contributed by atoms with Crippen LogP contribution in [0.2, 0.25) is 0 Å². The molecule has 0 saturated heterocycles. The summed E-state index contributed by atoms with van der Waals surface area (Å²) in [6.07, 6.45) is 0.305. The normalized spacial score (nSPS) is 11.0. The molecule has 0 aliphatic heterocycles. The Morgan fingerprint density at radius 3 is 2.54 bits per heavy atom. The molecule has 1 aromatic carbocycles. The Bertz CT molecular complexity index is 735. The SMILES string of the molecule is CCN(CC)CCOc1ccccc1NC(=O)Cc1c(C)nn(C)c1C. The van der Waals surface area contributed by atoms with Crippen molar-refractivity contribution in [1.82, 2.24) is 14.7 Å². The molecule has 0 unspecified atom stereocenters. The van der Waals surface area contributed by atoms with Crippen molar-refractivity contribution in [3.63, 3.8) is 0 Å². The van der Waals surface area contributed by atoms with Crippen molar-refractivity contribution < 1.29 is 9.53 Å². The topological polar surface area (TPSA) is 59.4 Å². The lowest BCUT2D eigenvalue weighted by molar-refractivity contribution is -0.115. The first-order chi connectivity index (χ1) is 12.5. The van der Waals surface area contributed by atoms with Crippen LogP contribution in [0.3, 0.4) is 0 Å². The molecular weight excluding hydrogens is 328 g/mol. The van der Waals surface area contributed by atoms with Crippen LogP contribution in [0, 0.1) is 13.8 Å². The fraction of sp³-hybridized carbons (Fsp3) is 0.500. The van der Waals surface area contributed by atoms with Gasteiger partial charge in [-0.15, -0.1) is 0 Å². The summed E-state index contributed by atoms with van der Waals surface area (Å²) in [6, 6.07) is 7.57. The van der Waals surface area contributed by atoms with Crippen LogP contribution in [0.25, 0.3) is 0 Å². The van der Waals surface area contributed by atoms with Crippen molar-refractivity contribution in [2.45, 2.75) is 34.1 Å². The van der Waals surface area contributed by atoms with Gasteiger partial charge in [0, 0.05) is 24.8 Å². The van der Waals surface area contributed by atoms with Crippen molar-refractivity contribution >= 4 is 11.6 Å². The summed E-state index contributed by atoms with van der Waals surface area (Å²) in [7, 11) is 1.89. The van der Waals surface area contributed by atoms with E-state index in [2.05, 4.69) is 29.2 Å². The highest BCUT2D eigenvalue weighted by molar-refractivity contribution is 5.93. The summed E-state index contributed by atoms with van der Waals surface area (Å²) in [5, 5.41) is 7.34.